The maximum absolute atomic E-state index is 11.9. The van der Waals surface area contributed by atoms with Crippen molar-refractivity contribution in [3.8, 4) is 5.95 Å². The van der Waals surface area contributed by atoms with Crippen LogP contribution in [-0.4, -0.2) is 69.2 Å². The number of ether oxygens (including phenoxy) is 3. The molecule has 0 amide bonds. The number of aliphatic carboxylic acids is 1. The molecule has 1 aromatic rings. The van der Waals surface area contributed by atoms with Gasteiger partial charge < -0.3 is 39.1 Å². The summed E-state index contributed by atoms with van der Waals surface area (Å²) in [5.74, 6) is -2.31. The van der Waals surface area contributed by atoms with Gasteiger partial charge in [-0.3, -0.25) is 14.4 Å². The fourth-order valence-electron chi connectivity index (χ4n) is 2.75. The average molecular weight is 416 g/mol. The van der Waals surface area contributed by atoms with Crippen molar-refractivity contribution in [2.45, 2.75) is 63.3 Å². The molecule has 0 unspecified atom stereocenters. The third-order valence-corrected chi connectivity index (χ3v) is 4.28. The minimum absolute atomic E-state index is 0.0719. The smallest absolute Gasteiger partial charge is 0.308 e. The minimum Gasteiger partial charge on any atom is -0.481 e. The molecule has 0 radical (unpaired) electrons. The molecule has 0 aromatic carbocycles. The number of carboxylic acid groups (broad SMARTS) is 1. The van der Waals surface area contributed by atoms with E-state index in [1.807, 2.05) is 0 Å². The topological polar surface area (TPSA) is 173 Å². The molecule has 162 valence electrons. The Morgan fingerprint density at radius 3 is 2.66 bits per heavy atom. The lowest BCUT2D eigenvalue weighted by atomic mass is 9.98. The van der Waals surface area contributed by atoms with Crippen molar-refractivity contribution in [3.05, 3.63) is 28.1 Å². The summed E-state index contributed by atoms with van der Waals surface area (Å²) in [5.41, 5.74) is -1.98. The van der Waals surface area contributed by atoms with Crippen LogP contribution in [0.5, 0.6) is 5.95 Å². The molecule has 0 saturated carbocycles. The van der Waals surface area contributed by atoms with Crippen LogP contribution in [0.3, 0.4) is 0 Å². The summed E-state index contributed by atoms with van der Waals surface area (Å²) in [6.45, 7) is 2.32. The minimum atomic E-state index is -1.78. The van der Waals surface area contributed by atoms with Crippen molar-refractivity contribution < 1.29 is 48.6 Å². The van der Waals surface area contributed by atoms with E-state index in [1.54, 1.807) is 0 Å². The summed E-state index contributed by atoms with van der Waals surface area (Å²) < 4.78 is 20.9. The Labute approximate surface area is 165 Å². The highest BCUT2D eigenvalue weighted by Crippen LogP contribution is 2.25. The largest absolute Gasteiger partial charge is 0.481 e. The average Bonchev–Trinajstić information content (AvgIpc) is 2.59. The van der Waals surface area contributed by atoms with Gasteiger partial charge in [0.25, 0.3) is 5.95 Å². The standard InChI is InChI=1S/C18H24O11/c1-9-11(19)3-4-26-16(9)29-17-15(24)12(20)5-10(28-17)8-27-14(23)7-18(2,25)6-13(21)22/h3-4,10,12,15,17,20,24-25H,5-8H2,1-2H3,(H,21,22)/t10-,12-,15+,17+,18+/m0/s1. The summed E-state index contributed by atoms with van der Waals surface area (Å²) in [4.78, 5) is 34.2. The van der Waals surface area contributed by atoms with Gasteiger partial charge in [0, 0.05) is 12.5 Å². The second-order valence-electron chi connectivity index (χ2n) is 7.16. The zero-order chi connectivity index (χ0) is 21.8. The molecular formula is C18H24O11. The number of rotatable bonds is 8. The predicted molar refractivity (Wildman–Crippen MR) is 94.1 cm³/mol. The third-order valence-electron chi connectivity index (χ3n) is 4.28. The molecule has 11 nitrogen and oxygen atoms in total. The molecule has 1 aliphatic heterocycles. The highest BCUT2D eigenvalue weighted by Gasteiger charge is 2.40. The van der Waals surface area contributed by atoms with Crippen molar-refractivity contribution in [3.63, 3.8) is 0 Å². The van der Waals surface area contributed by atoms with Gasteiger partial charge in [-0.25, -0.2) is 0 Å². The maximum atomic E-state index is 11.9. The first-order chi connectivity index (χ1) is 13.5. The molecular weight excluding hydrogens is 392 g/mol. The van der Waals surface area contributed by atoms with Gasteiger partial charge in [0.2, 0.25) is 6.29 Å². The van der Waals surface area contributed by atoms with Crippen LogP contribution in [0.15, 0.2) is 21.5 Å². The molecule has 5 atom stereocenters. The van der Waals surface area contributed by atoms with E-state index in [-0.39, 0.29) is 30.0 Å². The van der Waals surface area contributed by atoms with Gasteiger partial charge in [0.15, 0.2) is 5.43 Å². The third kappa shape index (κ3) is 6.53. The summed E-state index contributed by atoms with van der Waals surface area (Å²) in [5, 5.41) is 38.7. The second kappa shape index (κ2) is 9.35. The Morgan fingerprint density at radius 1 is 1.31 bits per heavy atom. The molecule has 1 fully saturated rings. The van der Waals surface area contributed by atoms with Gasteiger partial charge >= 0.3 is 11.9 Å². The van der Waals surface area contributed by atoms with Crippen molar-refractivity contribution in [2.24, 2.45) is 0 Å². The number of carbonyl (C=O) groups is 2. The van der Waals surface area contributed by atoms with E-state index in [2.05, 4.69) is 0 Å². The van der Waals surface area contributed by atoms with Gasteiger partial charge in [-0.1, -0.05) is 0 Å². The Bertz CT molecular complexity index is 784. The molecule has 11 heteroatoms. The van der Waals surface area contributed by atoms with Crippen molar-refractivity contribution in [1.82, 2.24) is 0 Å². The Balaban J connectivity index is 1.95. The summed E-state index contributed by atoms with van der Waals surface area (Å²) in [7, 11) is 0. The molecule has 29 heavy (non-hydrogen) atoms. The first-order valence-corrected chi connectivity index (χ1v) is 8.85. The number of hydrogen-bond donors (Lipinski definition) is 4. The van der Waals surface area contributed by atoms with Gasteiger partial charge in [-0.15, -0.1) is 0 Å². The van der Waals surface area contributed by atoms with E-state index in [0.717, 1.165) is 6.26 Å². The maximum Gasteiger partial charge on any atom is 0.308 e. The van der Waals surface area contributed by atoms with E-state index in [4.69, 9.17) is 23.7 Å². The van der Waals surface area contributed by atoms with Crippen LogP contribution in [0.2, 0.25) is 0 Å². The fourth-order valence-corrected chi connectivity index (χ4v) is 2.75. The number of carboxylic acids is 1. The molecule has 1 aliphatic rings. The fraction of sp³-hybridized carbons (Fsp3) is 0.611. The first-order valence-electron chi connectivity index (χ1n) is 8.85. The Kier molecular flexibility index (Phi) is 7.36. The molecule has 0 aliphatic carbocycles. The van der Waals surface area contributed by atoms with Gasteiger partial charge in [0.1, 0.15) is 12.7 Å². The molecule has 1 aromatic heterocycles. The number of carbonyl (C=O) groups excluding carboxylic acids is 1. The number of esters is 1. The molecule has 2 heterocycles. The van der Waals surface area contributed by atoms with Crippen LogP contribution in [-0.2, 0) is 19.1 Å². The molecule has 4 N–H and O–H groups in total. The van der Waals surface area contributed by atoms with Crippen LogP contribution in [0.1, 0.15) is 31.7 Å². The predicted octanol–water partition coefficient (Wildman–Crippen LogP) is -0.677. The summed E-state index contributed by atoms with van der Waals surface area (Å²) in [6.07, 6.45) is -5.10. The highest BCUT2D eigenvalue weighted by atomic mass is 16.7. The van der Waals surface area contributed by atoms with E-state index in [0.29, 0.717) is 0 Å². The van der Waals surface area contributed by atoms with Crippen LogP contribution in [0.4, 0.5) is 0 Å². The monoisotopic (exact) mass is 416 g/mol. The lowest BCUT2D eigenvalue weighted by Crippen LogP contribution is -2.52. The van der Waals surface area contributed by atoms with Crippen LogP contribution in [0.25, 0.3) is 0 Å². The lowest BCUT2D eigenvalue weighted by molar-refractivity contribution is -0.246. The van der Waals surface area contributed by atoms with Crippen molar-refractivity contribution >= 4 is 11.9 Å². The Morgan fingerprint density at radius 2 is 2.00 bits per heavy atom. The van der Waals surface area contributed by atoms with E-state index in [9.17, 15) is 29.7 Å². The normalized spacial score (nSPS) is 26.4. The Hall–Kier alpha value is -2.47. The van der Waals surface area contributed by atoms with Crippen molar-refractivity contribution in [2.75, 3.05) is 6.61 Å². The molecule has 2 rings (SSSR count). The number of aliphatic hydroxyl groups is 3. The summed E-state index contributed by atoms with van der Waals surface area (Å²) >= 11 is 0. The second-order valence-corrected chi connectivity index (χ2v) is 7.16. The first kappa shape index (κ1) is 22.8. The van der Waals surface area contributed by atoms with Crippen molar-refractivity contribution in [1.29, 1.82) is 0 Å². The quantitative estimate of drug-likeness (QED) is 0.396. The molecule has 0 spiro atoms. The van der Waals surface area contributed by atoms with Gasteiger partial charge in [-0.05, 0) is 13.8 Å². The van der Waals surface area contributed by atoms with Crippen LogP contribution in [0, 0.1) is 6.92 Å². The van der Waals surface area contributed by atoms with E-state index in [1.165, 1.54) is 19.9 Å². The van der Waals surface area contributed by atoms with E-state index >= 15 is 0 Å². The SMILES string of the molecule is Cc1c(O[C@H]2O[C@H](COC(=O)C[C@](C)(O)CC(=O)O)C[C@H](O)[C@H]2O)occc1=O. The lowest BCUT2D eigenvalue weighted by Gasteiger charge is -2.36. The van der Waals surface area contributed by atoms with Crippen LogP contribution < -0.4 is 10.2 Å². The number of aliphatic hydroxyl groups excluding tert-OH is 2. The van der Waals surface area contributed by atoms with E-state index < -0.39 is 55.0 Å². The summed E-state index contributed by atoms with van der Waals surface area (Å²) in [6, 6.07) is 1.19. The van der Waals surface area contributed by atoms with Gasteiger partial charge in [0.05, 0.1) is 42.5 Å². The zero-order valence-electron chi connectivity index (χ0n) is 15.9. The van der Waals surface area contributed by atoms with Crippen LogP contribution >= 0.6 is 0 Å². The molecule has 1 saturated heterocycles. The molecule has 0 bridgehead atoms. The number of hydrogen-bond acceptors (Lipinski definition) is 10. The highest BCUT2D eigenvalue weighted by molar-refractivity contribution is 5.73. The van der Waals surface area contributed by atoms with Gasteiger partial charge in [-0.2, -0.15) is 0 Å². The zero-order valence-corrected chi connectivity index (χ0v) is 15.9.